The van der Waals surface area contributed by atoms with Crippen molar-refractivity contribution in [1.29, 1.82) is 0 Å². The standard InChI is InChI=1S/C8H11F3O2S/c9-8(10,11)5-2-1-3-7(14(12)13)4-6(5)7/h5-6,14H,1-4H2. The zero-order valence-electron chi connectivity index (χ0n) is 7.38. The number of hydrogen-bond donors (Lipinski definition) is 1. The predicted molar refractivity (Wildman–Crippen MR) is 44.5 cm³/mol. The van der Waals surface area contributed by atoms with Crippen molar-refractivity contribution in [3.8, 4) is 0 Å². The summed E-state index contributed by atoms with van der Waals surface area (Å²) in [5.74, 6) is -2.04. The topological polar surface area (TPSA) is 34.1 Å². The minimum Gasteiger partial charge on any atom is -0.231 e. The minimum absolute atomic E-state index is 0.0963. The fourth-order valence-electron chi connectivity index (χ4n) is 2.65. The average Bonchev–Trinajstić information content (AvgIpc) is 2.76. The van der Waals surface area contributed by atoms with E-state index in [9.17, 15) is 21.6 Å². The van der Waals surface area contributed by atoms with E-state index in [0.29, 0.717) is 12.8 Å². The Morgan fingerprint density at radius 1 is 1.29 bits per heavy atom. The molecule has 3 atom stereocenters. The van der Waals surface area contributed by atoms with Crippen LogP contribution in [0.3, 0.4) is 0 Å². The van der Waals surface area contributed by atoms with Crippen LogP contribution in [0, 0.1) is 11.8 Å². The van der Waals surface area contributed by atoms with Crippen LogP contribution in [0.15, 0.2) is 0 Å². The lowest BCUT2D eigenvalue weighted by Gasteiger charge is -2.26. The summed E-state index contributed by atoms with van der Waals surface area (Å²) >= 11 is 0. The van der Waals surface area contributed by atoms with Gasteiger partial charge in [0.25, 0.3) is 0 Å². The maximum absolute atomic E-state index is 12.5. The van der Waals surface area contributed by atoms with Crippen LogP contribution in [0.1, 0.15) is 25.7 Å². The summed E-state index contributed by atoms with van der Waals surface area (Å²) in [6.07, 6.45) is -3.11. The Labute approximate surface area is 81.4 Å². The molecular formula is C8H11F3O2S. The zero-order valence-corrected chi connectivity index (χ0v) is 8.28. The van der Waals surface area contributed by atoms with Gasteiger partial charge in [-0.25, -0.2) is 8.42 Å². The van der Waals surface area contributed by atoms with Crippen LogP contribution in [0.25, 0.3) is 0 Å². The molecule has 14 heavy (non-hydrogen) atoms. The molecule has 2 saturated carbocycles. The summed E-state index contributed by atoms with van der Waals surface area (Å²) in [5.41, 5.74) is 0. The molecule has 2 aliphatic rings. The van der Waals surface area contributed by atoms with Gasteiger partial charge >= 0.3 is 6.18 Å². The molecule has 2 nitrogen and oxygen atoms in total. The van der Waals surface area contributed by atoms with Gasteiger partial charge in [0.1, 0.15) is 10.7 Å². The van der Waals surface area contributed by atoms with Crippen LogP contribution in [-0.4, -0.2) is 19.3 Å². The van der Waals surface area contributed by atoms with Crippen molar-refractivity contribution in [2.24, 2.45) is 11.8 Å². The smallest absolute Gasteiger partial charge is 0.231 e. The number of fused-ring (bicyclic) bond motifs is 1. The van der Waals surface area contributed by atoms with E-state index in [4.69, 9.17) is 0 Å². The monoisotopic (exact) mass is 228 g/mol. The Kier molecular flexibility index (Phi) is 2.10. The highest BCUT2D eigenvalue weighted by atomic mass is 32.2. The van der Waals surface area contributed by atoms with Gasteiger partial charge in [0.15, 0.2) is 0 Å². The van der Waals surface area contributed by atoms with Crippen molar-refractivity contribution in [1.82, 2.24) is 0 Å². The fraction of sp³-hybridized carbons (Fsp3) is 1.00. The SMILES string of the molecule is O=[SH](=O)C12CCCC(C(F)(F)F)C1C2. The second-order valence-corrected chi connectivity index (χ2v) is 5.62. The van der Waals surface area contributed by atoms with E-state index < -0.39 is 33.5 Å². The largest absolute Gasteiger partial charge is 0.392 e. The third-order valence-corrected chi connectivity index (χ3v) is 4.96. The summed E-state index contributed by atoms with van der Waals surface area (Å²) in [4.78, 5) is 0. The van der Waals surface area contributed by atoms with Crippen LogP contribution in [0.4, 0.5) is 13.2 Å². The third kappa shape index (κ3) is 1.34. The second-order valence-electron chi connectivity index (χ2n) is 4.21. The number of halogens is 3. The zero-order chi connectivity index (χ0) is 10.6. The number of hydrogen-bond acceptors (Lipinski definition) is 2. The van der Waals surface area contributed by atoms with Crippen molar-refractivity contribution < 1.29 is 21.6 Å². The third-order valence-electron chi connectivity index (χ3n) is 3.50. The molecule has 0 spiro atoms. The van der Waals surface area contributed by atoms with Gasteiger partial charge in [-0.1, -0.05) is 6.42 Å². The number of alkyl halides is 3. The summed E-state index contributed by atoms with van der Waals surface area (Å²) in [7, 11) is -2.70. The molecule has 82 valence electrons. The van der Waals surface area contributed by atoms with E-state index in [1.165, 1.54) is 0 Å². The van der Waals surface area contributed by atoms with Crippen LogP contribution in [0.2, 0.25) is 0 Å². The van der Waals surface area contributed by atoms with Gasteiger partial charge in [-0.05, 0) is 25.2 Å². The van der Waals surface area contributed by atoms with Gasteiger partial charge in [0.05, 0.1) is 10.7 Å². The molecule has 0 saturated heterocycles. The first kappa shape index (κ1) is 10.3. The van der Waals surface area contributed by atoms with Crippen molar-refractivity contribution in [3.63, 3.8) is 0 Å². The van der Waals surface area contributed by atoms with E-state index in [-0.39, 0.29) is 12.8 Å². The van der Waals surface area contributed by atoms with Gasteiger partial charge in [0.2, 0.25) is 0 Å². The molecule has 0 bridgehead atoms. The molecule has 0 N–H and O–H groups in total. The molecule has 6 heteroatoms. The Hall–Kier alpha value is -0.260. The van der Waals surface area contributed by atoms with Crippen molar-refractivity contribution in [2.45, 2.75) is 36.6 Å². The van der Waals surface area contributed by atoms with Crippen LogP contribution in [0.5, 0.6) is 0 Å². The predicted octanol–water partition coefficient (Wildman–Crippen LogP) is 1.72. The first-order valence-electron chi connectivity index (χ1n) is 4.59. The molecule has 0 aliphatic heterocycles. The first-order valence-corrected chi connectivity index (χ1v) is 5.77. The highest BCUT2D eigenvalue weighted by Gasteiger charge is 2.67. The first-order chi connectivity index (χ1) is 6.38. The lowest BCUT2D eigenvalue weighted by molar-refractivity contribution is -0.185. The quantitative estimate of drug-likeness (QED) is 0.693. The summed E-state index contributed by atoms with van der Waals surface area (Å²) < 4.78 is 58.1. The van der Waals surface area contributed by atoms with E-state index in [0.717, 1.165) is 0 Å². The summed E-state index contributed by atoms with van der Waals surface area (Å²) in [5, 5.41) is 0. The fourth-order valence-corrected chi connectivity index (χ4v) is 3.79. The molecule has 0 radical (unpaired) electrons. The van der Waals surface area contributed by atoms with Gasteiger partial charge in [-0.3, -0.25) is 0 Å². The molecule has 2 fully saturated rings. The molecule has 0 heterocycles. The molecule has 2 rings (SSSR count). The molecule has 2 aliphatic carbocycles. The molecule has 0 aromatic carbocycles. The van der Waals surface area contributed by atoms with E-state index >= 15 is 0 Å². The lowest BCUT2D eigenvalue weighted by Crippen LogP contribution is -2.33. The van der Waals surface area contributed by atoms with E-state index in [1.54, 1.807) is 0 Å². The van der Waals surface area contributed by atoms with Crippen molar-refractivity contribution >= 4 is 10.7 Å². The van der Waals surface area contributed by atoms with E-state index in [1.807, 2.05) is 0 Å². The molecule has 0 aromatic rings. The van der Waals surface area contributed by atoms with Crippen LogP contribution < -0.4 is 0 Å². The Balaban J connectivity index is 2.20. The maximum Gasteiger partial charge on any atom is 0.392 e. The van der Waals surface area contributed by atoms with Gasteiger partial charge in [-0.15, -0.1) is 0 Å². The van der Waals surface area contributed by atoms with Gasteiger partial charge in [-0.2, -0.15) is 13.2 Å². The van der Waals surface area contributed by atoms with Gasteiger partial charge in [0, 0.05) is 0 Å². The molecular weight excluding hydrogens is 217 g/mol. The van der Waals surface area contributed by atoms with E-state index in [2.05, 4.69) is 0 Å². The van der Waals surface area contributed by atoms with Crippen molar-refractivity contribution in [3.05, 3.63) is 0 Å². The maximum atomic E-state index is 12.5. The Bertz CT molecular complexity index is 315. The van der Waals surface area contributed by atoms with Gasteiger partial charge < -0.3 is 0 Å². The highest BCUT2D eigenvalue weighted by Crippen LogP contribution is 2.62. The molecule has 3 unspecified atom stereocenters. The lowest BCUT2D eigenvalue weighted by atomic mass is 9.88. The minimum atomic E-state index is -4.22. The normalized spacial score (nSPS) is 42.3. The molecule has 0 amide bonds. The van der Waals surface area contributed by atoms with Crippen LogP contribution >= 0.6 is 0 Å². The number of thiol groups is 1. The Morgan fingerprint density at radius 3 is 2.43 bits per heavy atom. The molecule has 0 aromatic heterocycles. The summed E-state index contributed by atoms with van der Waals surface area (Å²) in [6.45, 7) is 0. The highest BCUT2D eigenvalue weighted by molar-refractivity contribution is 7.74. The van der Waals surface area contributed by atoms with Crippen LogP contribution in [-0.2, 0) is 10.7 Å². The Morgan fingerprint density at radius 2 is 1.93 bits per heavy atom. The number of rotatable bonds is 1. The second kappa shape index (κ2) is 2.87. The van der Waals surface area contributed by atoms with Crippen molar-refractivity contribution in [2.75, 3.05) is 0 Å². The summed E-state index contributed by atoms with van der Waals surface area (Å²) in [6, 6.07) is 0. The average molecular weight is 228 g/mol.